The third kappa shape index (κ3) is 7.81. The van der Waals surface area contributed by atoms with Crippen LogP contribution in [0.1, 0.15) is 26.7 Å². The maximum Gasteiger partial charge on any atom is 0.344 e. The minimum atomic E-state index is -0.584. The Bertz CT molecular complexity index is 717. The van der Waals surface area contributed by atoms with E-state index in [2.05, 4.69) is 10.6 Å². The van der Waals surface area contributed by atoms with Crippen LogP contribution in [0.15, 0.2) is 54.6 Å². The number of anilines is 2. The van der Waals surface area contributed by atoms with Crippen molar-refractivity contribution in [2.24, 2.45) is 0 Å². The van der Waals surface area contributed by atoms with Gasteiger partial charge in [0.1, 0.15) is 5.75 Å². The molecule has 0 spiro atoms. The molecule has 1 unspecified atom stereocenters. The Labute approximate surface area is 159 Å². The predicted molar refractivity (Wildman–Crippen MR) is 105 cm³/mol. The Kier molecular flexibility index (Phi) is 8.16. The van der Waals surface area contributed by atoms with Crippen LogP contribution in [0.4, 0.5) is 11.4 Å². The van der Waals surface area contributed by atoms with E-state index in [0.29, 0.717) is 5.75 Å². The van der Waals surface area contributed by atoms with Crippen molar-refractivity contribution < 1.29 is 19.1 Å². The monoisotopic (exact) mass is 370 g/mol. The summed E-state index contributed by atoms with van der Waals surface area (Å²) in [6.07, 6.45) is 1.87. The molecule has 0 fully saturated rings. The summed E-state index contributed by atoms with van der Waals surface area (Å²) in [5.41, 5.74) is 1.90. The summed E-state index contributed by atoms with van der Waals surface area (Å²) >= 11 is 0. The van der Waals surface area contributed by atoms with Gasteiger partial charge in [0.25, 0.3) is 5.91 Å². The molecular formula is C21H26N2O4. The maximum atomic E-state index is 11.7. The molecule has 0 bridgehead atoms. The number of ether oxygens (including phenoxy) is 2. The first kappa shape index (κ1) is 20.3. The summed E-state index contributed by atoms with van der Waals surface area (Å²) in [6, 6.07) is 17.1. The third-order valence-electron chi connectivity index (χ3n) is 3.77. The quantitative estimate of drug-likeness (QED) is 0.624. The molecular weight excluding hydrogens is 344 g/mol. The first-order chi connectivity index (χ1) is 13.1. The van der Waals surface area contributed by atoms with Gasteiger partial charge in [0.2, 0.25) is 0 Å². The van der Waals surface area contributed by atoms with Crippen molar-refractivity contribution in [3.8, 4) is 5.75 Å². The van der Waals surface area contributed by atoms with Crippen molar-refractivity contribution in [3.05, 3.63) is 54.6 Å². The van der Waals surface area contributed by atoms with Gasteiger partial charge in [-0.25, -0.2) is 4.79 Å². The summed E-state index contributed by atoms with van der Waals surface area (Å²) in [7, 11) is 0. The van der Waals surface area contributed by atoms with Crippen LogP contribution in [-0.4, -0.2) is 31.1 Å². The highest BCUT2D eigenvalue weighted by molar-refractivity contribution is 5.81. The average molecular weight is 370 g/mol. The second-order valence-electron chi connectivity index (χ2n) is 6.22. The molecule has 0 saturated heterocycles. The first-order valence-electron chi connectivity index (χ1n) is 9.06. The molecule has 2 aromatic carbocycles. The molecule has 144 valence electrons. The molecule has 0 aliphatic heterocycles. The standard InChI is InChI=1S/C21H26N2O4/c1-3-7-16(2)22-20(24)14-27-21(25)15-26-19-12-10-18(11-13-19)23-17-8-5-4-6-9-17/h4-6,8-13,16,23H,3,7,14-15H2,1-2H3,(H,22,24). The molecule has 27 heavy (non-hydrogen) atoms. The number of esters is 1. The van der Waals surface area contributed by atoms with Crippen molar-refractivity contribution in [1.29, 1.82) is 0 Å². The fourth-order valence-corrected chi connectivity index (χ4v) is 2.47. The molecule has 1 atom stereocenters. The highest BCUT2D eigenvalue weighted by Gasteiger charge is 2.10. The van der Waals surface area contributed by atoms with E-state index in [0.717, 1.165) is 24.2 Å². The van der Waals surface area contributed by atoms with E-state index in [-0.39, 0.29) is 25.2 Å². The van der Waals surface area contributed by atoms with Gasteiger partial charge in [-0.05, 0) is 49.7 Å². The fraction of sp³-hybridized carbons (Fsp3) is 0.333. The van der Waals surface area contributed by atoms with E-state index in [9.17, 15) is 9.59 Å². The van der Waals surface area contributed by atoms with Crippen LogP contribution in [0.25, 0.3) is 0 Å². The number of carbonyl (C=O) groups is 2. The first-order valence-corrected chi connectivity index (χ1v) is 9.06. The summed E-state index contributed by atoms with van der Waals surface area (Å²) in [5, 5.41) is 6.03. The molecule has 0 saturated carbocycles. The van der Waals surface area contributed by atoms with Crippen LogP contribution in [0, 0.1) is 0 Å². The average Bonchev–Trinajstić information content (AvgIpc) is 2.67. The molecule has 2 rings (SSSR count). The van der Waals surface area contributed by atoms with Gasteiger partial charge in [-0.15, -0.1) is 0 Å². The maximum absolute atomic E-state index is 11.7. The number of para-hydroxylation sites is 1. The molecule has 0 aliphatic carbocycles. The van der Waals surface area contributed by atoms with Crippen LogP contribution < -0.4 is 15.4 Å². The van der Waals surface area contributed by atoms with E-state index in [1.54, 1.807) is 12.1 Å². The number of rotatable bonds is 10. The van der Waals surface area contributed by atoms with Crippen molar-refractivity contribution >= 4 is 23.3 Å². The smallest absolute Gasteiger partial charge is 0.344 e. The van der Waals surface area contributed by atoms with Gasteiger partial charge in [-0.1, -0.05) is 31.5 Å². The van der Waals surface area contributed by atoms with Crippen molar-refractivity contribution in [1.82, 2.24) is 5.32 Å². The molecule has 6 nitrogen and oxygen atoms in total. The highest BCUT2D eigenvalue weighted by atomic mass is 16.6. The normalized spacial score (nSPS) is 11.3. The molecule has 0 heterocycles. The Balaban J connectivity index is 1.69. The lowest BCUT2D eigenvalue weighted by Gasteiger charge is -2.13. The number of amides is 1. The number of hydrogen-bond donors (Lipinski definition) is 2. The lowest BCUT2D eigenvalue weighted by Crippen LogP contribution is -2.36. The molecule has 0 radical (unpaired) electrons. The number of hydrogen-bond acceptors (Lipinski definition) is 5. The fourth-order valence-electron chi connectivity index (χ4n) is 2.47. The number of benzene rings is 2. The van der Waals surface area contributed by atoms with Crippen LogP contribution in [0.2, 0.25) is 0 Å². The van der Waals surface area contributed by atoms with Gasteiger partial charge in [0.15, 0.2) is 13.2 Å². The largest absolute Gasteiger partial charge is 0.482 e. The Hall–Kier alpha value is -3.02. The lowest BCUT2D eigenvalue weighted by atomic mass is 10.2. The molecule has 0 aromatic heterocycles. The van der Waals surface area contributed by atoms with Crippen LogP contribution in [0.3, 0.4) is 0 Å². The minimum absolute atomic E-state index is 0.0699. The Morgan fingerprint density at radius 2 is 1.63 bits per heavy atom. The zero-order chi connectivity index (χ0) is 19.5. The summed E-state index contributed by atoms with van der Waals surface area (Å²) in [6.45, 7) is 3.42. The second-order valence-corrected chi connectivity index (χ2v) is 6.22. The van der Waals surface area contributed by atoms with Gasteiger partial charge in [-0.3, -0.25) is 4.79 Å². The molecule has 1 amide bonds. The summed E-state index contributed by atoms with van der Waals surface area (Å²) in [4.78, 5) is 23.4. The van der Waals surface area contributed by atoms with Crippen LogP contribution in [-0.2, 0) is 14.3 Å². The van der Waals surface area contributed by atoms with E-state index in [4.69, 9.17) is 9.47 Å². The van der Waals surface area contributed by atoms with E-state index >= 15 is 0 Å². The zero-order valence-electron chi connectivity index (χ0n) is 15.7. The molecule has 2 N–H and O–H groups in total. The minimum Gasteiger partial charge on any atom is -0.482 e. The van der Waals surface area contributed by atoms with Crippen molar-refractivity contribution in [2.45, 2.75) is 32.7 Å². The van der Waals surface area contributed by atoms with Crippen molar-refractivity contribution in [2.75, 3.05) is 18.5 Å². The summed E-state index contributed by atoms with van der Waals surface area (Å²) in [5.74, 6) is -0.341. The third-order valence-corrected chi connectivity index (χ3v) is 3.77. The molecule has 0 aliphatic rings. The second kappa shape index (κ2) is 10.9. The number of carbonyl (C=O) groups excluding carboxylic acids is 2. The van der Waals surface area contributed by atoms with Crippen LogP contribution >= 0.6 is 0 Å². The number of nitrogens with one attached hydrogen (secondary N) is 2. The lowest BCUT2D eigenvalue weighted by molar-refractivity contribution is -0.150. The van der Waals surface area contributed by atoms with Crippen molar-refractivity contribution in [3.63, 3.8) is 0 Å². The van der Waals surface area contributed by atoms with Gasteiger partial charge < -0.3 is 20.1 Å². The van der Waals surface area contributed by atoms with E-state index in [1.807, 2.05) is 56.3 Å². The van der Waals surface area contributed by atoms with Crippen LogP contribution in [0.5, 0.6) is 5.75 Å². The predicted octanol–water partition coefficient (Wildman–Crippen LogP) is 3.66. The van der Waals surface area contributed by atoms with Gasteiger partial charge in [-0.2, -0.15) is 0 Å². The highest BCUT2D eigenvalue weighted by Crippen LogP contribution is 2.19. The Morgan fingerprint density at radius 3 is 2.30 bits per heavy atom. The zero-order valence-corrected chi connectivity index (χ0v) is 15.7. The topological polar surface area (TPSA) is 76.7 Å². The summed E-state index contributed by atoms with van der Waals surface area (Å²) < 4.78 is 10.3. The molecule has 2 aromatic rings. The molecule has 6 heteroatoms. The Morgan fingerprint density at radius 1 is 0.963 bits per heavy atom. The SMILES string of the molecule is CCCC(C)NC(=O)COC(=O)COc1ccc(Nc2ccccc2)cc1. The van der Waals surface area contributed by atoms with E-state index in [1.165, 1.54) is 0 Å². The van der Waals surface area contributed by atoms with Gasteiger partial charge >= 0.3 is 5.97 Å². The van der Waals surface area contributed by atoms with E-state index < -0.39 is 5.97 Å². The van der Waals surface area contributed by atoms with Gasteiger partial charge in [0, 0.05) is 17.4 Å². The van der Waals surface area contributed by atoms with Gasteiger partial charge in [0.05, 0.1) is 0 Å².